The van der Waals surface area contributed by atoms with Crippen LogP contribution in [0.15, 0.2) is 60.7 Å². The standard InChI is InChI=1S/C23H16O6.Sr/c24-20-16(14-7-3-1-5-12(14)9-18(20)22(26)27)11-17-15-8-4-2-6-13(15)10-19(21(17)25)23(28)29;/h1-10,24-25H,11H2,(H,26,27)(H,28,29);/q;+2/p-2. The maximum absolute atomic E-state index is 12.9. The average molecular weight is 474 g/mol. The maximum Gasteiger partial charge on any atom is 2.00 e. The molecule has 4 aromatic carbocycles. The molecule has 6 nitrogen and oxygen atoms in total. The Kier molecular flexibility index (Phi) is 6.38. The molecule has 0 amide bonds. The fraction of sp³-hybridized carbons (Fsp3) is 0.0435. The minimum absolute atomic E-state index is 0. The zero-order valence-corrected chi connectivity index (χ0v) is 19.2. The van der Waals surface area contributed by atoms with Gasteiger partial charge in [0.1, 0.15) is 0 Å². The molecule has 0 spiro atoms. The van der Waals surface area contributed by atoms with Gasteiger partial charge in [-0.25, -0.2) is 9.59 Å². The Hall–Kier alpha value is -2.58. The number of aromatic carboxylic acids is 2. The van der Waals surface area contributed by atoms with Gasteiger partial charge in [0.05, 0.1) is 11.1 Å². The van der Waals surface area contributed by atoms with Gasteiger partial charge in [-0.2, -0.15) is 0 Å². The third-order valence-corrected chi connectivity index (χ3v) is 5.02. The fourth-order valence-corrected chi connectivity index (χ4v) is 3.65. The normalized spacial score (nSPS) is 10.7. The number of rotatable bonds is 4. The number of benzene rings is 4. The van der Waals surface area contributed by atoms with Crippen molar-refractivity contribution < 1.29 is 30.0 Å². The van der Waals surface area contributed by atoms with Crippen LogP contribution < -0.4 is 10.2 Å². The Morgan fingerprint density at radius 3 is 1.43 bits per heavy atom. The van der Waals surface area contributed by atoms with E-state index in [-0.39, 0.29) is 74.2 Å². The van der Waals surface area contributed by atoms with E-state index in [1.54, 1.807) is 48.5 Å². The van der Waals surface area contributed by atoms with Crippen molar-refractivity contribution in [3.8, 4) is 11.5 Å². The number of fused-ring (bicyclic) bond motifs is 2. The Balaban J connectivity index is 0.00000256. The molecule has 0 aliphatic heterocycles. The van der Waals surface area contributed by atoms with Crippen LogP contribution in [0.3, 0.4) is 0 Å². The summed E-state index contributed by atoms with van der Waals surface area (Å²) in [4.78, 5) is 23.1. The first-order chi connectivity index (χ1) is 13.9. The SMILES string of the molecule is O=C(O)c1cc2ccccc2c(Cc2c([O-])c(C(=O)O)cc3ccccc23)c1[O-].[Sr+2]. The molecule has 4 rings (SSSR count). The van der Waals surface area contributed by atoms with Crippen molar-refractivity contribution in [2.24, 2.45) is 0 Å². The molecular formula is C23H14O6Sr. The summed E-state index contributed by atoms with van der Waals surface area (Å²) >= 11 is 0. The molecule has 0 bridgehead atoms. The van der Waals surface area contributed by atoms with Gasteiger partial charge in [0.25, 0.3) is 0 Å². The number of hydrogen-bond donors (Lipinski definition) is 2. The minimum Gasteiger partial charge on any atom is -0.872 e. The molecule has 0 atom stereocenters. The van der Waals surface area contributed by atoms with Gasteiger partial charge < -0.3 is 20.4 Å². The minimum atomic E-state index is -1.35. The van der Waals surface area contributed by atoms with Crippen LogP contribution in [-0.2, 0) is 6.42 Å². The van der Waals surface area contributed by atoms with Crippen molar-refractivity contribution in [1.29, 1.82) is 0 Å². The number of carboxylic acid groups (broad SMARTS) is 2. The first-order valence-electron chi connectivity index (χ1n) is 8.78. The summed E-state index contributed by atoms with van der Waals surface area (Å²) in [5.41, 5.74) is -0.453. The van der Waals surface area contributed by atoms with E-state index >= 15 is 0 Å². The number of hydrogen-bond acceptors (Lipinski definition) is 4. The fourth-order valence-electron chi connectivity index (χ4n) is 3.65. The van der Waals surface area contributed by atoms with Crippen LogP contribution in [0.2, 0.25) is 0 Å². The van der Waals surface area contributed by atoms with E-state index in [2.05, 4.69) is 0 Å². The number of carbonyl (C=O) groups is 2. The molecule has 0 aromatic heterocycles. The second-order valence-corrected chi connectivity index (χ2v) is 6.69. The van der Waals surface area contributed by atoms with Crippen molar-refractivity contribution in [2.75, 3.05) is 0 Å². The van der Waals surface area contributed by atoms with Crippen LogP contribution in [0.4, 0.5) is 0 Å². The first kappa shape index (κ1) is 22.1. The zero-order chi connectivity index (χ0) is 20.7. The maximum atomic E-state index is 12.9. The van der Waals surface area contributed by atoms with Gasteiger partial charge in [0.2, 0.25) is 0 Å². The molecule has 2 N–H and O–H groups in total. The van der Waals surface area contributed by atoms with Crippen molar-refractivity contribution >= 4 is 79.0 Å². The van der Waals surface area contributed by atoms with Gasteiger partial charge in [-0.15, -0.1) is 0 Å². The van der Waals surface area contributed by atoms with Gasteiger partial charge in [0, 0.05) is 0 Å². The summed E-state index contributed by atoms with van der Waals surface area (Å²) in [5.74, 6) is -4.07. The van der Waals surface area contributed by atoms with E-state index < -0.39 is 23.4 Å². The largest absolute Gasteiger partial charge is 2.00 e. The summed E-state index contributed by atoms with van der Waals surface area (Å²) in [6.45, 7) is 0. The monoisotopic (exact) mass is 474 g/mol. The second kappa shape index (κ2) is 8.65. The van der Waals surface area contributed by atoms with Crippen molar-refractivity contribution in [1.82, 2.24) is 0 Å². The molecule has 0 unspecified atom stereocenters. The summed E-state index contributed by atoms with van der Waals surface area (Å²) in [5, 5.41) is 46.8. The predicted octanol–water partition coefficient (Wildman–Crippen LogP) is 2.75. The van der Waals surface area contributed by atoms with Crippen LogP contribution in [0.5, 0.6) is 11.5 Å². The van der Waals surface area contributed by atoms with Crippen molar-refractivity contribution in [3.05, 3.63) is 82.9 Å². The Labute approximate surface area is 208 Å². The summed E-state index contributed by atoms with van der Waals surface area (Å²) in [6, 6.07) is 16.3. The molecule has 7 heteroatoms. The Morgan fingerprint density at radius 2 is 1.07 bits per heavy atom. The second-order valence-electron chi connectivity index (χ2n) is 6.69. The number of carboxylic acids is 2. The van der Waals surface area contributed by atoms with Crippen molar-refractivity contribution in [3.63, 3.8) is 0 Å². The van der Waals surface area contributed by atoms with Crippen molar-refractivity contribution in [2.45, 2.75) is 6.42 Å². The average Bonchev–Trinajstić information content (AvgIpc) is 2.70. The molecule has 4 aromatic rings. The van der Waals surface area contributed by atoms with E-state index in [4.69, 9.17) is 0 Å². The van der Waals surface area contributed by atoms with Gasteiger partial charge in [0.15, 0.2) is 0 Å². The van der Waals surface area contributed by atoms with Crippen LogP contribution in [0, 0.1) is 0 Å². The molecule has 0 saturated heterocycles. The van der Waals surface area contributed by atoms with Gasteiger partial charge >= 0.3 is 57.4 Å². The molecule has 0 fully saturated rings. The zero-order valence-electron chi connectivity index (χ0n) is 15.7. The summed E-state index contributed by atoms with van der Waals surface area (Å²) < 4.78 is 0. The molecule has 0 heterocycles. The summed E-state index contributed by atoms with van der Waals surface area (Å²) in [6.07, 6.45) is -0.166. The molecule has 30 heavy (non-hydrogen) atoms. The third kappa shape index (κ3) is 3.77. The van der Waals surface area contributed by atoms with Crippen LogP contribution in [0.1, 0.15) is 31.8 Å². The van der Waals surface area contributed by atoms with Crippen LogP contribution in [-0.4, -0.2) is 67.6 Å². The summed E-state index contributed by atoms with van der Waals surface area (Å²) in [7, 11) is 0. The Morgan fingerprint density at radius 1 is 0.700 bits per heavy atom. The molecule has 0 saturated carbocycles. The van der Waals surface area contributed by atoms with Crippen LogP contribution >= 0.6 is 0 Å². The Bertz CT molecular complexity index is 1210. The topological polar surface area (TPSA) is 121 Å². The molecular weight excluding hydrogens is 460 g/mol. The van der Waals surface area contributed by atoms with Gasteiger partial charge in [-0.1, -0.05) is 60.0 Å². The molecule has 0 aliphatic carbocycles. The van der Waals surface area contributed by atoms with Gasteiger partial charge in [-0.3, -0.25) is 0 Å². The van der Waals surface area contributed by atoms with E-state index in [1.807, 2.05) is 0 Å². The first-order valence-corrected chi connectivity index (χ1v) is 8.78. The smallest absolute Gasteiger partial charge is 0.872 e. The third-order valence-electron chi connectivity index (χ3n) is 5.02. The molecule has 0 aliphatic rings. The quantitative estimate of drug-likeness (QED) is 0.439. The van der Waals surface area contributed by atoms with E-state index in [0.717, 1.165) is 0 Å². The van der Waals surface area contributed by atoms with Gasteiger partial charge in [-0.05, 0) is 51.2 Å². The van der Waals surface area contributed by atoms with E-state index in [1.165, 1.54) is 12.1 Å². The van der Waals surface area contributed by atoms with E-state index in [0.29, 0.717) is 21.5 Å². The predicted molar refractivity (Wildman–Crippen MR) is 109 cm³/mol. The van der Waals surface area contributed by atoms with Crippen LogP contribution in [0.25, 0.3) is 21.5 Å². The molecule has 144 valence electrons. The molecule has 0 radical (unpaired) electrons. The van der Waals surface area contributed by atoms with E-state index in [9.17, 15) is 30.0 Å².